The zero-order chi connectivity index (χ0) is 23.3. The van der Waals surface area contributed by atoms with E-state index in [1.165, 1.54) is 17.0 Å². The van der Waals surface area contributed by atoms with E-state index in [1.807, 2.05) is 19.1 Å². The smallest absolute Gasteiger partial charge is 0.256 e. The first-order valence-electron chi connectivity index (χ1n) is 10.9. The van der Waals surface area contributed by atoms with Crippen molar-refractivity contribution in [3.63, 3.8) is 0 Å². The molecule has 0 unspecified atom stereocenters. The third kappa shape index (κ3) is 3.64. The lowest BCUT2D eigenvalue weighted by molar-refractivity contribution is -0.141. The first kappa shape index (κ1) is 21.5. The number of aryl methyl sites for hydroxylation is 1. The summed E-state index contributed by atoms with van der Waals surface area (Å²) in [6.07, 6.45) is 0.270. The number of fused-ring (bicyclic) bond motifs is 1. The molecule has 5 rings (SSSR count). The fraction of sp³-hybridized carbons (Fsp3) is 0.320. The van der Waals surface area contributed by atoms with Crippen molar-refractivity contribution in [1.29, 1.82) is 0 Å². The van der Waals surface area contributed by atoms with Gasteiger partial charge in [0, 0.05) is 18.5 Å². The molecule has 0 radical (unpaired) electrons. The Bertz CT molecular complexity index is 1300. The van der Waals surface area contributed by atoms with Gasteiger partial charge in [0.2, 0.25) is 0 Å². The van der Waals surface area contributed by atoms with Gasteiger partial charge in [-0.1, -0.05) is 42.0 Å². The first-order valence-corrected chi connectivity index (χ1v) is 10.9. The molecule has 1 fully saturated rings. The Morgan fingerprint density at radius 2 is 1.91 bits per heavy atom. The number of aromatic nitrogens is 2. The minimum atomic E-state index is -1.86. The average Bonchev–Trinajstić information content (AvgIpc) is 3.62. The van der Waals surface area contributed by atoms with Crippen molar-refractivity contribution in [2.24, 2.45) is 0 Å². The van der Waals surface area contributed by atoms with E-state index in [4.69, 9.17) is 4.98 Å². The summed E-state index contributed by atoms with van der Waals surface area (Å²) in [7, 11) is 0. The van der Waals surface area contributed by atoms with Crippen LogP contribution in [-0.4, -0.2) is 32.4 Å². The second-order valence-electron chi connectivity index (χ2n) is 8.84. The molecule has 2 heterocycles. The van der Waals surface area contributed by atoms with E-state index in [0.717, 1.165) is 30.0 Å². The zero-order valence-corrected chi connectivity index (χ0v) is 18.1. The predicted octanol–water partition coefficient (Wildman–Crippen LogP) is 3.05. The molecule has 1 aliphatic carbocycles. The van der Waals surface area contributed by atoms with E-state index in [1.54, 1.807) is 0 Å². The van der Waals surface area contributed by atoms with Crippen LogP contribution in [0.4, 0.5) is 8.78 Å². The Balaban J connectivity index is 1.40. The molecule has 0 bridgehead atoms. The van der Waals surface area contributed by atoms with Crippen molar-refractivity contribution in [1.82, 2.24) is 14.9 Å². The summed E-state index contributed by atoms with van der Waals surface area (Å²) in [5.41, 5.74) is 2.21. The predicted molar refractivity (Wildman–Crippen MR) is 116 cm³/mol. The summed E-state index contributed by atoms with van der Waals surface area (Å²) >= 11 is 0. The lowest BCUT2D eigenvalue weighted by Gasteiger charge is -2.30. The standard InChI is InChI=1S/C25H23F2N3O3/c1-14-5-7-15(8-6-14)25(10-11-25)24-28-19-9-12-30(13-17(19)22(32)29-24)23(33)21(31)16-3-2-4-18(26)20(16)27/h2-8,21,31H,9-13H2,1H3,(H,28,29,32)/t21-/m1/s1. The van der Waals surface area contributed by atoms with Gasteiger partial charge < -0.3 is 15.0 Å². The van der Waals surface area contributed by atoms with E-state index >= 15 is 0 Å². The highest BCUT2D eigenvalue weighted by Gasteiger charge is 2.48. The van der Waals surface area contributed by atoms with Gasteiger partial charge in [-0.25, -0.2) is 13.8 Å². The molecule has 8 heteroatoms. The number of H-pyrrole nitrogens is 1. The Labute approximate surface area is 188 Å². The van der Waals surface area contributed by atoms with Gasteiger partial charge in [-0.15, -0.1) is 0 Å². The Morgan fingerprint density at radius 1 is 1.18 bits per heavy atom. The minimum absolute atomic E-state index is 0.0533. The lowest BCUT2D eigenvalue weighted by atomic mass is 9.93. The van der Waals surface area contributed by atoms with Gasteiger partial charge in [0.15, 0.2) is 17.7 Å². The molecule has 170 valence electrons. The maximum absolute atomic E-state index is 14.0. The normalized spacial score (nSPS) is 17.4. The van der Waals surface area contributed by atoms with Crippen LogP contribution in [0.15, 0.2) is 47.3 Å². The molecule has 1 aromatic heterocycles. The fourth-order valence-electron chi connectivity index (χ4n) is 4.54. The highest BCUT2D eigenvalue weighted by atomic mass is 19.2. The third-order valence-electron chi connectivity index (χ3n) is 6.70. The SMILES string of the molecule is Cc1ccc(C2(c3nc4c(c(=O)[nH]3)CN(C(=O)[C@H](O)c3cccc(F)c3F)CC4)CC2)cc1. The Hall–Kier alpha value is -3.39. The third-order valence-corrected chi connectivity index (χ3v) is 6.70. The van der Waals surface area contributed by atoms with Crippen LogP contribution < -0.4 is 5.56 Å². The molecule has 2 N–H and O–H groups in total. The van der Waals surface area contributed by atoms with Gasteiger partial charge in [0.1, 0.15) is 5.82 Å². The maximum atomic E-state index is 14.0. The van der Waals surface area contributed by atoms with E-state index in [0.29, 0.717) is 23.5 Å². The highest BCUT2D eigenvalue weighted by molar-refractivity contribution is 5.82. The summed E-state index contributed by atoms with van der Waals surface area (Å²) < 4.78 is 27.5. The summed E-state index contributed by atoms with van der Waals surface area (Å²) in [4.78, 5) is 34.7. The average molecular weight is 451 g/mol. The monoisotopic (exact) mass is 451 g/mol. The molecule has 6 nitrogen and oxygen atoms in total. The zero-order valence-electron chi connectivity index (χ0n) is 18.1. The molecular formula is C25H23F2N3O3. The summed E-state index contributed by atoms with van der Waals surface area (Å²) in [6.45, 7) is 2.19. The number of nitrogens with one attached hydrogen (secondary N) is 1. The fourth-order valence-corrected chi connectivity index (χ4v) is 4.54. The molecule has 1 amide bonds. The quantitative estimate of drug-likeness (QED) is 0.639. The number of benzene rings is 2. The molecule has 0 spiro atoms. The van der Waals surface area contributed by atoms with Crippen LogP contribution in [-0.2, 0) is 23.2 Å². The van der Waals surface area contributed by atoms with Crippen molar-refractivity contribution in [2.45, 2.75) is 44.2 Å². The molecule has 1 saturated carbocycles. The van der Waals surface area contributed by atoms with Gasteiger partial charge in [-0.3, -0.25) is 9.59 Å². The van der Waals surface area contributed by atoms with Gasteiger partial charge in [-0.05, 0) is 31.4 Å². The van der Waals surface area contributed by atoms with Crippen molar-refractivity contribution >= 4 is 5.91 Å². The number of aliphatic hydroxyl groups excluding tert-OH is 1. The lowest BCUT2D eigenvalue weighted by Crippen LogP contribution is -2.42. The van der Waals surface area contributed by atoms with Gasteiger partial charge >= 0.3 is 0 Å². The Kier molecular flexibility index (Phi) is 5.12. The highest BCUT2D eigenvalue weighted by Crippen LogP contribution is 2.52. The number of carbonyl (C=O) groups excluding carboxylic acids is 1. The van der Waals surface area contributed by atoms with Gasteiger partial charge in [0.05, 0.1) is 23.2 Å². The number of rotatable bonds is 4. The second-order valence-corrected chi connectivity index (χ2v) is 8.84. The largest absolute Gasteiger partial charge is 0.378 e. The van der Waals surface area contributed by atoms with Crippen LogP contribution in [0.3, 0.4) is 0 Å². The maximum Gasteiger partial charge on any atom is 0.256 e. The van der Waals surface area contributed by atoms with E-state index in [9.17, 15) is 23.5 Å². The van der Waals surface area contributed by atoms with Crippen molar-refractivity contribution in [2.75, 3.05) is 6.54 Å². The molecule has 0 saturated heterocycles. The van der Waals surface area contributed by atoms with Crippen LogP contribution in [0.1, 0.15) is 52.7 Å². The molecule has 33 heavy (non-hydrogen) atoms. The van der Waals surface area contributed by atoms with Crippen molar-refractivity contribution < 1.29 is 18.7 Å². The topological polar surface area (TPSA) is 86.3 Å². The number of halogens is 2. The first-order chi connectivity index (χ1) is 15.8. The van der Waals surface area contributed by atoms with Crippen LogP contribution in [0.2, 0.25) is 0 Å². The molecule has 2 aromatic carbocycles. The van der Waals surface area contributed by atoms with Crippen molar-refractivity contribution in [3.8, 4) is 0 Å². The molecule has 1 atom stereocenters. The van der Waals surface area contributed by atoms with Crippen LogP contribution in [0.25, 0.3) is 0 Å². The van der Waals surface area contributed by atoms with E-state index in [-0.39, 0.29) is 24.1 Å². The van der Waals surface area contributed by atoms with Crippen LogP contribution in [0, 0.1) is 18.6 Å². The summed E-state index contributed by atoms with van der Waals surface area (Å²) in [5, 5.41) is 10.4. The number of nitrogens with zero attached hydrogens (tertiary/aromatic N) is 2. The number of carbonyl (C=O) groups is 1. The van der Waals surface area contributed by atoms with Crippen LogP contribution >= 0.6 is 0 Å². The minimum Gasteiger partial charge on any atom is -0.378 e. The number of hydrogen-bond donors (Lipinski definition) is 2. The molecular weight excluding hydrogens is 428 g/mol. The molecule has 3 aromatic rings. The van der Waals surface area contributed by atoms with Gasteiger partial charge in [0.25, 0.3) is 11.5 Å². The second kappa shape index (κ2) is 7.88. The van der Waals surface area contributed by atoms with Crippen molar-refractivity contribution in [3.05, 3.63) is 98.2 Å². The number of hydrogen-bond acceptors (Lipinski definition) is 4. The number of aromatic amines is 1. The number of aliphatic hydroxyl groups is 1. The molecule has 2 aliphatic rings. The van der Waals surface area contributed by atoms with E-state index < -0.39 is 29.2 Å². The van der Waals surface area contributed by atoms with Crippen LogP contribution in [0.5, 0.6) is 0 Å². The Morgan fingerprint density at radius 3 is 2.61 bits per heavy atom. The van der Waals surface area contributed by atoms with E-state index in [2.05, 4.69) is 17.1 Å². The molecule has 1 aliphatic heterocycles. The number of amides is 1. The van der Waals surface area contributed by atoms with Gasteiger partial charge in [-0.2, -0.15) is 0 Å². The summed E-state index contributed by atoms with van der Waals surface area (Å²) in [5.74, 6) is -2.55. The summed E-state index contributed by atoms with van der Waals surface area (Å²) in [6, 6.07) is 11.5.